The van der Waals surface area contributed by atoms with Crippen LogP contribution < -0.4 is 5.32 Å². The van der Waals surface area contributed by atoms with Crippen LogP contribution in [0, 0.1) is 0 Å². The molecule has 1 heterocycles. The van der Waals surface area contributed by atoms with E-state index >= 15 is 0 Å². The number of nitrogens with one attached hydrogen (secondary N) is 1. The van der Waals surface area contributed by atoms with E-state index in [1.54, 1.807) is 34.5 Å². The molecule has 0 atom stereocenters. The van der Waals surface area contributed by atoms with Gasteiger partial charge in [0.1, 0.15) is 0 Å². The minimum absolute atomic E-state index is 0.239. The van der Waals surface area contributed by atoms with Crippen molar-refractivity contribution < 1.29 is 4.79 Å². The van der Waals surface area contributed by atoms with Crippen molar-refractivity contribution in [3.63, 3.8) is 0 Å². The third-order valence-electron chi connectivity index (χ3n) is 2.16. The average molecular weight is 292 g/mol. The molecule has 1 aromatic rings. The van der Waals surface area contributed by atoms with Crippen LogP contribution in [-0.2, 0) is 4.79 Å². The van der Waals surface area contributed by atoms with E-state index in [1.807, 2.05) is 17.5 Å². The average Bonchev–Trinajstić information content (AvgIpc) is 2.89. The molecule has 0 saturated carbocycles. The number of carbonyl (C=O) groups excluding carboxylic acids is 1. The van der Waals surface area contributed by atoms with Gasteiger partial charge in [0.25, 0.3) is 0 Å². The summed E-state index contributed by atoms with van der Waals surface area (Å²) < 4.78 is 0. The maximum atomic E-state index is 11.7. The Morgan fingerprint density at radius 2 is 2.11 bits per heavy atom. The Morgan fingerprint density at radius 1 is 1.42 bits per heavy atom. The fraction of sp³-hybridized carbons (Fsp3) is 0.143. The first-order valence-corrected chi connectivity index (χ1v) is 6.99. The van der Waals surface area contributed by atoms with E-state index in [0.717, 1.165) is 4.88 Å². The summed E-state index contributed by atoms with van der Waals surface area (Å²) in [7, 11) is 0. The second-order valence-corrected chi connectivity index (χ2v) is 4.99. The predicted octanol–water partition coefficient (Wildman–Crippen LogP) is 2.84. The van der Waals surface area contributed by atoms with Gasteiger partial charge >= 0.3 is 0 Å². The number of amides is 1. The van der Waals surface area contributed by atoms with Crippen molar-refractivity contribution in [2.45, 2.75) is 0 Å². The molecule has 0 unspecified atom stereocenters. The minimum Gasteiger partial charge on any atom is -0.342 e. The van der Waals surface area contributed by atoms with E-state index in [-0.39, 0.29) is 5.91 Å². The first-order valence-electron chi connectivity index (χ1n) is 5.70. The molecule has 0 saturated heterocycles. The molecule has 0 aliphatic carbocycles. The number of thiophene rings is 1. The Balaban J connectivity index is 2.52. The summed E-state index contributed by atoms with van der Waals surface area (Å²) in [4.78, 5) is 14.5. The second kappa shape index (κ2) is 8.39. The van der Waals surface area contributed by atoms with Crippen LogP contribution in [0.4, 0.5) is 0 Å². The van der Waals surface area contributed by atoms with E-state index in [0.29, 0.717) is 18.2 Å². The van der Waals surface area contributed by atoms with E-state index in [9.17, 15) is 4.79 Å². The fourth-order valence-electron chi connectivity index (χ4n) is 1.32. The molecular weight excluding hydrogens is 276 g/mol. The first-order chi connectivity index (χ1) is 9.17. The highest BCUT2D eigenvalue weighted by Gasteiger charge is 2.08. The highest BCUT2D eigenvalue weighted by molar-refractivity contribution is 7.80. The zero-order chi connectivity index (χ0) is 14.1. The van der Waals surface area contributed by atoms with Gasteiger partial charge in [0.15, 0.2) is 5.11 Å². The molecule has 1 aromatic heterocycles. The van der Waals surface area contributed by atoms with Gasteiger partial charge in [-0.3, -0.25) is 10.1 Å². The van der Waals surface area contributed by atoms with Gasteiger partial charge in [-0.05, 0) is 29.7 Å². The van der Waals surface area contributed by atoms with Crippen LogP contribution in [0.1, 0.15) is 4.88 Å². The summed E-state index contributed by atoms with van der Waals surface area (Å²) in [6.07, 6.45) is 6.68. The van der Waals surface area contributed by atoms with Gasteiger partial charge in [0.05, 0.1) is 0 Å². The predicted molar refractivity (Wildman–Crippen MR) is 86.1 cm³/mol. The monoisotopic (exact) mass is 292 g/mol. The number of hydrogen-bond acceptors (Lipinski definition) is 3. The second-order valence-electron chi connectivity index (χ2n) is 3.63. The molecule has 1 amide bonds. The molecule has 1 rings (SSSR count). The molecule has 19 heavy (non-hydrogen) atoms. The molecule has 0 radical (unpaired) electrons. The van der Waals surface area contributed by atoms with Gasteiger partial charge in [-0.1, -0.05) is 18.2 Å². The van der Waals surface area contributed by atoms with Crippen molar-refractivity contribution >= 4 is 40.7 Å². The van der Waals surface area contributed by atoms with Crippen molar-refractivity contribution in [3.05, 3.63) is 53.8 Å². The first kappa shape index (κ1) is 15.3. The lowest BCUT2D eigenvalue weighted by Gasteiger charge is -2.21. The van der Waals surface area contributed by atoms with Crippen LogP contribution in [0.2, 0.25) is 0 Å². The Labute approximate surface area is 122 Å². The zero-order valence-corrected chi connectivity index (χ0v) is 12.2. The van der Waals surface area contributed by atoms with Crippen molar-refractivity contribution in [1.82, 2.24) is 10.2 Å². The Hall–Kier alpha value is -1.72. The fourth-order valence-corrected chi connectivity index (χ4v) is 2.19. The lowest BCUT2D eigenvalue weighted by Crippen LogP contribution is -2.42. The molecule has 0 spiro atoms. The topological polar surface area (TPSA) is 32.3 Å². The lowest BCUT2D eigenvalue weighted by atomic mass is 10.4. The van der Waals surface area contributed by atoms with Crippen molar-refractivity contribution in [2.24, 2.45) is 0 Å². The van der Waals surface area contributed by atoms with Gasteiger partial charge in [-0.15, -0.1) is 24.5 Å². The molecule has 0 aromatic carbocycles. The summed E-state index contributed by atoms with van der Waals surface area (Å²) in [6.45, 7) is 8.45. The Bertz CT molecular complexity index is 468. The minimum atomic E-state index is -0.239. The van der Waals surface area contributed by atoms with Crippen LogP contribution >= 0.6 is 23.6 Å². The van der Waals surface area contributed by atoms with Gasteiger partial charge in [-0.25, -0.2) is 0 Å². The van der Waals surface area contributed by atoms with Crippen LogP contribution in [0.3, 0.4) is 0 Å². The molecule has 1 N–H and O–H groups in total. The number of rotatable bonds is 6. The molecule has 0 bridgehead atoms. The van der Waals surface area contributed by atoms with Gasteiger partial charge in [-0.2, -0.15) is 0 Å². The Morgan fingerprint density at radius 3 is 2.63 bits per heavy atom. The third kappa shape index (κ3) is 5.63. The van der Waals surface area contributed by atoms with Crippen LogP contribution in [-0.4, -0.2) is 29.0 Å². The van der Waals surface area contributed by atoms with Crippen LogP contribution in [0.15, 0.2) is 48.9 Å². The Kier molecular flexibility index (Phi) is 6.78. The standard InChI is InChI=1S/C14H16N2OS2/c1-3-9-16(10-4-2)14(18)15-13(17)8-7-12-6-5-11-19-12/h3-8,11H,1-2,9-10H2,(H,15,17,18)/b8-7+. The van der Waals surface area contributed by atoms with E-state index < -0.39 is 0 Å². The normalized spacial score (nSPS) is 10.1. The van der Waals surface area contributed by atoms with Crippen LogP contribution in [0.25, 0.3) is 6.08 Å². The van der Waals surface area contributed by atoms with E-state index in [1.165, 1.54) is 6.08 Å². The SMILES string of the molecule is C=CCN(CC=C)C(=S)NC(=O)/C=C/c1cccs1. The summed E-state index contributed by atoms with van der Waals surface area (Å²) >= 11 is 6.73. The van der Waals surface area contributed by atoms with Crippen molar-refractivity contribution in [2.75, 3.05) is 13.1 Å². The number of hydrogen-bond donors (Lipinski definition) is 1. The van der Waals surface area contributed by atoms with Gasteiger partial charge < -0.3 is 4.90 Å². The molecule has 0 fully saturated rings. The maximum absolute atomic E-state index is 11.7. The molecular formula is C14H16N2OS2. The molecule has 0 aliphatic rings. The summed E-state index contributed by atoms with van der Waals surface area (Å²) in [5.74, 6) is -0.239. The molecule has 3 nitrogen and oxygen atoms in total. The zero-order valence-electron chi connectivity index (χ0n) is 10.5. The quantitative estimate of drug-likeness (QED) is 0.497. The van der Waals surface area contributed by atoms with Gasteiger partial charge in [0, 0.05) is 24.0 Å². The highest BCUT2D eigenvalue weighted by atomic mass is 32.1. The van der Waals surface area contributed by atoms with Crippen molar-refractivity contribution in [1.29, 1.82) is 0 Å². The molecule has 0 aliphatic heterocycles. The van der Waals surface area contributed by atoms with Gasteiger partial charge in [0.2, 0.25) is 5.91 Å². The largest absolute Gasteiger partial charge is 0.342 e. The summed E-state index contributed by atoms with van der Waals surface area (Å²) in [5.41, 5.74) is 0. The van der Waals surface area contributed by atoms with Crippen molar-refractivity contribution in [3.8, 4) is 0 Å². The third-order valence-corrected chi connectivity index (χ3v) is 3.36. The molecule has 100 valence electrons. The lowest BCUT2D eigenvalue weighted by molar-refractivity contribution is -0.115. The number of nitrogens with zero attached hydrogens (tertiary/aromatic N) is 1. The van der Waals surface area contributed by atoms with E-state index in [4.69, 9.17) is 12.2 Å². The summed E-state index contributed by atoms with van der Waals surface area (Å²) in [6, 6.07) is 3.87. The number of carbonyl (C=O) groups is 1. The molecule has 5 heteroatoms. The number of thiocarbonyl (C=S) groups is 1. The summed E-state index contributed by atoms with van der Waals surface area (Å²) in [5, 5.41) is 4.98. The maximum Gasteiger partial charge on any atom is 0.250 e. The smallest absolute Gasteiger partial charge is 0.250 e. The van der Waals surface area contributed by atoms with Crippen LogP contribution in [0.5, 0.6) is 0 Å². The highest BCUT2D eigenvalue weighted by Crippen LogP contribution is 2.09. The van der Waals surface area contributed by atoms with E-state index in [2.05, 4.69) is 18.5 Å².